The van der Waals surface area contributed by atoms with Gasteiger partial charge in [-0.1, -0.05) is 0 Å². The average molecular weight is 222 g/mol. The highest BCUT2D eigenvalue weighted by molar-refractivity contribution is 7.12. The Morgan fingerprint density at radius 2 is 2.27 bits per heavy atom. The third-order valence-corrected chi connectivity index (χ3v) is 3.22. The molecule has 2 aromatic rings. The summed E-state index contributed by atoms with van der Waals surface area (Å²) >= 11 is 1.84. The van der Waals surface area contributed by atoms with Crippen molar-refractivity contribution in [2.24, 2.45) is 0 Å². The largest absolute Gasteiger partial charge is 0.306 e. The van der Waals surface area contributed by atoms with E-state index in [0.717, 1.165) is 18.9 Å². The quantitative estimate of drug-likeness (QED) is 0.829. The van der Waals surface area contributed by atoms with Crippen molar-refractivity contribution in [2.75, 3.05) is 0 Å². The summed E-state index contributed by atoms with van der Waals surface area (Å²) in [6.45, 7) is 5.91. The number of aromatic amines is 1. The Morgan fingerprint density at radius 3 is 2.87 bits per heavy atom. The minimum atomic E-state index is 0.730. The van der Waals surface area contributed by atoms with Crippen LogP contribution in [-0.4, -0.2) is 15.2 Å². The van der Waals surface area contributed by atoms with Crippen LogP contribution in [0.2, 0.25) is 0 Å². The molecule has 5 heteroatoms. The minimum absolute atomic E-state index is 0.730. The van der Waals surface area contributed by atoms with Gasteiger partial charge in [-0.3, -0.25) is 5.10 Å². The van der Waals surface area contributed by atoms with Crippen molar-refractivity contribution in [2.45, 2.75) is 26.9 Å². The normalized spacial score (nSPS) is 10.8. The predicted octanol–water partition coefficient (Wildman–Crippen LogP) is 1.77. The molecule has 4 nitrogen and oxygen atoms in total. The molecule has 0 unspecified atom stereocenters. The molecule has 2 rings (SSSR count). The first-order valence-electron chi connectivity index (χ1n) is 4.86. The fourth-order valence-corrected chi connectivity index (χ4v) is 2.44. The molecule has 2 heterocycles. The second-order valence-electron chi connectivity index (χ2n) is 3.47. The number of hydrogen-bond acceptors (Lipinski definition) is 4. The van der Waals surface area contributed by atoms with Crippen LogP contribution in [0, 0.1) is 13.8 Å². The zero-order valence-electron chi connectivity index (χ0n) is 8.87. The summed E-state index contributed by atoms with van der Waals surface area (Å²) in [7, 11) is 0. The number of nitrogens with zero attached hydrogens (tertiary/aromatic N) is 2. The number of aromatic nitrogens is 3. The number of H-pyrrole nitrogens is 1. The average Bonchev–Trinajstić information content (AvgIpc) is 2.77. The fraction of sp³-hybridized carbons (Fsp3) is 0.400. The monoisotopic (exact) mass is 222 g/mol. The van der Waals surface area contributed by atoms with Crippen molar-refractivity contribution in [1.82, 2.24) is 20.5 Å². The molecule has 2 aromatic heterocycles. The van der Waals surface area contributed by atoms with Crippen LogP contribution in [0.1, 0.15) is 21.1 Å². The number of nitrogens with one attached hydrogen (secondary N) is 2. The van der Waals surface area contributed by atoms with Crippen molar-refractivity contribution >= 4 is 11.3 Å². The lowest BCUT2D eigenvalue weighted by Crippen LogP contribution is -2.13. The van der Waals surface area contributed by atoms with Gasteiger partial charge in [-0.15, -0.1) is 11.3 Å². The lowest BCUT2D eigenvalue weighted by Gasteiger charge is -2.01. The second kappa shape index (κ2) is 4.55. The molecule has 0 fully saturated rings. The molecule has 0 bridgehead atoms. The molecular formula is C10H14N4S. The number of rotatable bonds is 4. The van der Waals surface area contributed by atoms with Gasteiger partial charge in [0.15, 0.2) is 0 Å². The smallest absolute Gasteiger partial charge is 0.138 e. The molecule has 0 aromatic carbocycles. The third kappa shape index (κ3) is 2.64. The van der Waals surface area contributed by atoms with Crippen LogP contribution in [0.3, 0.4) is 0 Å². The first kappa shape index (κ1) is 10.3. The van der Waals surface area contributed by atoms with Crippen LogP contribution in [0.5, 0.6) is 0 Å². The first-order valence-corrected chi connectivity index (χ1v) is 5.68. The van der Waals surface area contributed by atoms with E-state index < -0.39 is 0 Å². The highest BCUT2D eigenvalue weighted by Crippen LogP contribution is 2.20. The minimum Gasteiger partial charge on any atom is -0.306 e. The first-order chi connectivity index (χ1) is 7.25. The SMILES string of the molecule is Cc1cc(CNCc2ncn[nH]2)c(C)s1. The van der Waals surface area contributed by atoms with Gasteiger partial charge in [0, 0.05) is 16.3 Å². The van der Waals surface area contributed by atoms with Crippen LogP contribution in [-0.2, 0) is 13.1 Å². The maximum Gasteiger partial charge on any atom is 0.138 e. The highest BCUT2D eigenvalue weighted by Gasteiger charge is 2.02. The van der Waals surface area contributed by atoms with Gasteiger partial charge < -0.3 is 5.32 Å². The molecule has 0 saturated carbocycles. The topological polar surface area (TPSA) is 53.6 Å². The van der Waals surface area contributed by atoms with Crippen LogP contribution < -0.4 is 5.32 Å². The molecular weight excluding hydrogens is 208 g/mol. The summed E-state index contributed by atoms with van der Waals surface area (Å²) in [4.78, 5) is 6.80. The van der Waals surface area contributed by atoms with Crippen LogP contribution in [0.4, 0.5) is 0 Å². The summed E-state index contributed by atoms with van der Waals surface area (Å²) in [6.07, 6.45) is 1.52. The van der Waals surface area contributed by atoms with Crippen LogP contribution in [0.15, 0.2) is 12.4 Å². The maximum absolute atomic E-state index is 4.05. The van der Waals surface area contributed by atoms with Gasteiger partial charge >= 0.3 is 0 Å². The molecule has 0 saturated heterocycles. The highest BCUT2D eigenvalue weighted by atomic mass is 32.1. The van der Waals surface area contributed by atoms with Gasteiger partial charge in [-0.2, -0.15) is 5.10 Å². The summed E-state index contributed by atoms with van der Waals surface area (Å²) in [5.74, 6) is 0.875. The summed E-state index contributed by atoms with van der Waals surface area (Å²) in [6, 6.07) is 2.23. The van der Waals surface area contributed by atoms with Gasteiger partial charge in [-0.05, 0) is 25.5 Å². The molecule has 0 aliphatic heterocycles. The van der Waals surface area contributed by atoms with E-state index >= 15 is 0 Å². The fourth-order valence-electron chi connectivity index (χ4n) is 1.49. The molecule has 15 heavy (non-hydrogen) atoms. The van der Waals surface area contributed by atoms with E-state index in [1.165, 1.54) is 21.6 Å². The summed E-state index contributed by atoms with van der Waals surface area (Å²) in [5, 5.41) is 9.95. The predicted molar refractivity (Wildman–Crippen MR) is 60.7 cm³/mol. The molecule has 0 radical (unpaired) electrons. The van der Waals surface area contributed by atoms with Crippen molar-refractivity contribution in [1.29, 1.82) is 0 Å². The third-order valence-electron chi connectivity index (χ3n) is 2.22. The van der Waals surface area contributed by atoms with E-state index in [9.17, 15) is 0 Å². The molecule has 0 aliphatic carbocycles. The Morgan fingerprint density at radius 1 is 1.40 bits per heavy atom. The molecule has 80 valence electrons. The van der Waals surface area contributed by atoms with Crippen LogP contribution >= 0.6 is 11.3 Å². The van der Waals surface area contributed by atoms with Gasteiger partial charge in [0.05, 0.1) is 6.54 Å². The molecule has 2 N–H and O–H groups in total. The van der Waals surface area contributed by atoms with Gasteiger partial charge in [0.1, 0.15) is 12.2 Å². The van der Waals surface area contributed by atoms with E-state index in [4.69, 9.17) is 0 Å². The van der Waals surface area contributed by atoms with Gasteiger partial charge in [0.25, 0.3) is 0 Å². The van der Waals surface area contributed by atoms with Gasteiger partial charge in [-0.25, -0.2) is 4.98 Å². The van der Waals surface area contributed by atoms with Crippen LogP contribution in [0.25, 0.3) is 0 Å². The Balaban J connectivity index is 1.86. The lowest BCUT2D eigenvalue weighted by molar-refractivity contribution is 0.664. The van der Waals surface area contributed by atoms with Crippen molar-refractivity contribution < 1.29 is 0 Å². The van der Waals surface area contributed by atoms with Gasteiger partial charge in [0.2, 0.25) is 0 Å². The summed E-state index contributed by atoms with van der Waals surface area (Å²) < 4.78 is 0. The molecule has 0 atom stereocenters. The van der Waals surface area contributed by atoms with E-state index in [1.54, 1.807) is 0 Å². The standard InChI is InChI=1S/C10H14N4S/c1-7-3-9(8(2)15-7)4-11-5-10-12-6-13-14-10/h3,6,11H,4-5H2,1-2H3,(H,12,13,14). The van der Waals surface area contributed by atoms with E-state index in [-0.39, 0.29) is 0 Å². The Bertz CT molecular complexity index is 419. The van der Waals surface area contributed by atoms with Crippen molar-refractivity contribution in [3.63, 3.8) is 0 Å². The van der Waals surface area contributed by atoms with E-state index in [0.29, 0.717) is 0 Å². The molecule has 0 aliphatic rings. The zero-order chi connectivity index (χ0) is 10.7. The Labute approximate surface area is 92.8 Å². The Hall–Kier alpha value is -1.20. The summed E-state index contributed by atoms with van der Waals surface area (Å²) in [5.41, 5.74) is 1.37. The number of thiophene rings is 1. The van der Waals surface area contributed by atoms with Crippen molar-refractivity contribution in [3.05, 3.63) is 33.5 Å². The van der Waals surface area contributed by atoms with E-state index in [1.807, 2.05) is 11.3 Å². The van der Waals surface area contributed by atoms with Crippen molar-refractivity contribution in [3.8, 4) is 0 Å². The zero-order valence-corrected chi connectivity index (χ0v) is 9.69. The molecule has 0 amide bonds. The maximum atomic E-state index is 4.05. The van der Waals surface area contributed by atoms with E-state index in [2.05, 4.69) is 40.4 Å². The Kier molecular flexibility index (Phi) is 3.13. The lowest BCUT2D eigenvalue weighted by atomic mass is 10.2. The second-order valence-corrected chi connectivity index (χ2v) is 4.93. The molecule has 0 spiro atoms. The number of hydrogen-bond donors (Lipinski definition) is 2. The number of aryl methyl sites for hydroxylation is 2.